The Morgan fingerprint density at radius 1 is 1.31 bits per heavy atom. The molecule has 16 heavy (non-hydrogen) atoms. The van der Waals surface area contributed by atoms with Gasteiger partial charge in [-0.05, 0) is 24.6 Å². The fourth-order valence-electron chi connectivity index (χ4n) is 1.14. The van der Waals surface area contributed by atoms with Gasteiger partial charge in [-0.1, -0.05) is 31.1 Å². The van der Waals surface area contributed by atoms with Gasteiger partial charge in [0.15, 0.2) is 0 Å². The normalized spacial score (nSPS) is 11.6. The summed E-state index contributed by atoms with van der Waals surface area (Å²) in [6.45, 7) is 5.39. The second kappa shape index (κ2) is 5.30. The van der Waals surface area contributed by atoms with Crippen molar-refractivity contribution in [2.45, 2.75) is 20.8 Å². The molecule has 0 aliphatic rings. The van der Waals surface area contributed by atoms with Crippen LogP contribution in [0.1, 0.15) is 26.3 Å². The quantitative estimate of drug-likeness (QED) is 0.467. The lowest BCUT2D eigenvalue weighted by Crippen LogP contribution is -2.17. The Hall–Kier alpha value is -1.84. The number of benzene rings is 1. The molecule has 1 amide bonds. The van der Waals surface area contributed by atoms with E-state index in [0.717, 1.165) is 11.3 Å². The molecule has 0 heterocycles. The van der Waals surface area contributed by atoms with E-state index in [4.69, 9.17) is 5.21 Å². The van der Waals surface area contributed by atoms with Crippen molar-refractivity contribution >= 4 is 17.3 Å². The molecule has 0 fully saturated rings. The van der Waals surface area contributed by atoms with Crippen molar-refractivity contribution in [3.05, 3.63) is 29.8 Å². The van der Waals surface area contributed by atoms with E-state index in [-0.39, 0.29) is 11.8 Å². The van der Waals surface area contributed by atoms with Gasteiger partial charge in [-0.3, -0.25) is 4.79 Å². The molecule has 1 rings (SSSR count). The predicted octanol–water partition coefficient (Wildman–Crippen LogP) is 2.48. The van der Waals surface area contributed by atoms with E-state index < -0.39 is 0 Å². The van der Waals surface area contributed by atoms with E-state index in [1.54, 1.807) is 31.2 Å². The molecule has 4 nitrogen and oxygen atoms in total. The summed E-state index contributed by atoms with van der Waals surface area (Å²) in [6.07, 6.45) is 0. The summed E-state index contributed by atoms with van der Waals surface area (Å²) in [5, 5.41) is 14.5. The van der Waals surface area contributed by atoms with Crippen LogP contribution in [0.15, 0.2) is 29.4 Å². The van der Waals surface area contributed by atoms with Gasteiger partial charge in [0, 0.05) is 11.6 Å². The Kier molecular flexibility index (Phi) is 4.05. The third-order valence-electron chi connectivity index (χ3n) is 2.24. The third kappa shape index (κ3) is 3.08. The molecule has 0 aliphatic heterocycles. The first-order valence-electron chi connectivity index (χ1n) is 5.14. The first-order chi connectivity index (χ1) is 7.54. The molecule has 0 radical (unpaired) electrons. The second-order valence-electron chi connectivity index (χ2n) is 3.91. The number of carbonyl (C=O) groups is 1. The summed E-state index contributed by atoms with van der Waals surface area (Å²) in [7, 11) is 0. The number of anilines is 1. The molecule has 0 aromatic heterocycles. The minimum atomic E-state index is -0.0413. The first kappa shape index (κ1) is 12.2. The van der Waals surface area contributed by atoms with Crippen molar-refractivity contribution < 1.29 is 10.0 Å². The number of oxime groups is 1. The Bertz CT molecular complexity index is 394. The molecule has 0 saturated heterocycles. The lowest BCUT2D eigenvalue weighted by molar-refractivity contribution is -0.118. The number of carbonyl (C=O) groups excluding carboxylic acids is 1. The molecule has 1 aromatic rings. The van der Waals surface area contributed by atoms with Crippen molar-refractivity contribution in [2.24, 2.45) is 11.1 Å². The number of hydrogen-bond donors (Lipinski definition) is 2. The smallest absolute Gasteiger partial charge is 0.226 e. The maximum atomic E-state index is 11.4. The standard InChI is InChI=1S/C12H16N2O2/c1-8(2)12(15)13-11-6-4-10(5-7-11)9(3)14-16/h4-8,16H,1-3H3,(H,13,15)/b14-9+. The second-order valence-corrected chi connectivity index (χ2v) is 3.91. The fourth-order valence-corrected chi connectivity index (χ4v) is 1.14. The summed E-state index contributed by atoms with van der Waals surface area (Å²) in [4.78, 5) is 11.4. The summed E-state index contributed by atoms with van der Waals surface area (Å²) in [6, 6.07) is 7.16. The number of nitrogens with zero attached hydrogens (tertiary/aromatic N) is 1. The van der Waals surface area contributed by atoms with Crippen LogP contribution in [-0.4, -0.2) is 16.8 Å². The molecule has 0 bridgehead atoms. The lowest BCUT2D eigenvalue weighted by atomic mass is 10.1. The van der Waals surface area contributed by atoms with Crippen LogP contribution in [0.5, 0.6) is 0 Å². The van der Waals surface area contributed by atoms with E-state index in [0.29, 0.717) is 5.71 Å². The number of hydrogen-bond acceptors (Lipinski definition) is 3. The van der Waals surface area contributed by atoms with Gasteiger partial charge >= 0.3 is 0 Å². The van der Waals surface area contributed by atoms with E-state index in [1.165, 1.54) is 0 Å². The molecule has 0 atom stereocenters. The zero-order chi connectivity index (χ0) is 12.1. The third-order valence-corrected chi connectivity index (χ3v) is 2.24. The molecular weight excluding hydrogens is 204 g/mol. The summed E-state index contributed by atoms with van der Waals surface area (Å²) < 4.78 is 0. The highest BCUT2D eigenvalue weighted by Gasteiger charge is 2.06. The average molecular weight is 220 g/mol. The Labute approximate surface area is 95.0 Å². The summed E-state index contributed by atoms with van der Waals surface area (Å²) >= 11 is 0. The zero-order valence-corrected chi connectivity index (χ0v) is 9.69. The van der Waals surface area contributed by atoms with Crippen LogP contribution >= 0.6 is 0 Å². The predicted molar refractivity (Wildman–Crippen MR) is 63.9 cm³/mol. The summed E-state index contributed by atoms with van der Waals surface area (Å²) in [5.74, 6) is -0.0549. The van der Waals surface area contributed by atoms with Crippen molar-refractivity contribution in [1.82, 2.24) is 0 Å². The number of nitrogens with one attached hydrogen (secondary N) is 1. The van der Waals surface area contributed by atoms with Gasteiger partial charge in [-0.25, -0.2) is 0 Å². The van der Waals surface area contributed by atoms with Crippen molar-refractivity contribution in [3.63, 3.8) is 0 Å². The minimum absolute atomic E-state index is 0.0136. The molecule has 1 aromatic carbocycles. The van der Waals surface area contributed by atoms with E-state index in [1.807, 2.05) is 13.8 Å². The fraction of sp³-hybridized carbons (Fsp3) is 0.333. The van der Waals surface area contributed by atoms with Crippen molar-refractivity contribution in [3.8, 4) is 0 Å². The molecular formula is C12H16N2O2. The van der Waals surface area contributed by atoms with Crippen LogP contribution in [0.3, 0.4) is 0 Å². The summed E-state index contributed by atoms with van der Waals surface area (Å²) in [5.41, 5.74) is 2.11. The molecule has 0 spiro atoms. The molecule has 2 N–H and O–H groups in total. The van der Waals surface area contributed by atoms with Crippen LogP contribution < -0.4 is 5.32 Å². The average Bonchev–Trinajstić information content (AvgIpc) is 2.28. The van der Waals surface area contributed by atoms with Gasteiger partial charge in [-0.2, -0.15) is 0 Å². The van der Waals surface area contributed by atoms with E-state index in [2.05, 4.69) is 10.5 Å². The topological polar surface area (TPSA) is 61.7 Å². The van der Waals surface area contributed by atoms with Crippen LogP contribution in [0.2, 0.25) is 0 Å². The van der Waals surface area contributed by atoms with Gasteiger partial charge in [-0.15, -0.1) is 0 Å². The first-order valence-corrected chi connectivity index (χ1v) is 5.14. The van der Waals surface area contributed by atoms with E-state index in [9.17, 15) is 4.79 Å². The highest BCUT2D eigenvalue weighted by molar-refractivity contribution is 5.99. The molecule has 0 unspecified atom stereocenters. The van der Waals surface area contributed by atoms with E-state index >= 15 is 0 Å². The van der Waals surface area contributed by atoms with Crippen LogP contribution in [-0.2, 0) is 4.79 Å². The highest BCUT2D eigenvalue weighted by Crippen LogP contribution is 2.11. The van der Waals surface area contributed by atoms with Gasteiger partial charge < -0.3 is 10.5 Å². The van der Waals surface area contributed by atoms with Crippen LogP contribution in [0.4, 0.5) is 5.69 Å². The largest absolute Gasteiger partial charge is 0.411 e. The van der Waals surface area contributed by atoms with Gasteiger partial charge in [0.1, 0.15) is 0 Å². The van der Waals surface area contributed by atoms with Gasteiger partial charge in [0.2, 0.25) is 5.91 Å². The monoisotopic (exact) mass is 220 g/mol. The maximum absolute atomic E-state index is 11.4. The highest BCUT2D eigenvalue weighted by atomic mass is 16.4. The Morgan fingerprint density at radius 3 is 2.31 bits per heavy atom. The molecule has 4 heteroatoms. The SMILES string of the molecule is C/C(=N\O)c1ccc(NC(=O)C(C)C)cc1. The molecule has 0 aliphatic carbocycles. The minimum Gasteiger partial charge on any atom is -0.411 e. The van der Waals surface area contributed by atoms with Crippen molar-refractivity contribution in [2.75, 3.05) is 5.32 Å². The molecule has 0 saturated carbocycles. The number of amides is 1. The van der Waals surface area contributed by atoms with Crippen LogP contribution in [0.25, 0.3) is 0 Å². The van der Waals surface area contributed by atoms with Crippen LogP contribution in [0, 0.1) is 5.92 Å². The zero-order valence-electron chi connectivity index (χ0n) is 9.69. The van der Waals surface area contributed by atoms with Gasteiger partial charge in [0.05, 0.1) is 5.71 Å². The number of rotatable bonds is 3. The molecule has 86 valence electrons. The maximum Gasteiger partial charge on any atom is 0.226 e. The van der Waals surface area contributed by atoms with Gasteiger partial charge in [0.25, 0.3) is 0 Å². The Balaban J connectivity index is 2.76. The lowest BCUT2D eigenvalue weighted by Gasteiger charge is -2.08. The van der Waals surface area contributed by atoms with Crippen molar-refractivity contribution in [1.29, 1.82) is 0 Å². The Morgan fingerprint density at radius 2 is 1.88 bits per heavy atom.